The molecule has 34 heavy (non-hydrogen) atoms. The highest BCUT2D eigenvalue weighted by atomic mass is 35.5. The number of carbonyl (C=O) groups is 2. The molecule has 2 N–H and O–H groups in total. The summed E-state index contributed by atoms with van der Waals surface area (Å²) in [6.45, 7) is 5.95. The van der Waals surface area contributed by atoms with E-state index in [0.717, 1.165) is 10.9 Å². The number of aromatic nitrogens is 2. The van der Waals surface area contributed by atoms with E-state index in [-0.39, 0.29) is 23.9 Å². The van der Waals surface area contributed by atoms with Crippen LogP contribution < -0.4 is 10.6 Å². The number of carbonyl (C=O) groups excluding carboxylic acids is 2. The minimum absolute atomic E-state index is 0.0258. The number of para-hydroxylation sites is 1. The first-order valence-corrected chi connectivity index (χ1v) is 11.9. The van der Waals surface area contributed by atoms with Crippen molar-refractivity contribution in [1.29, 1.82) is 0 Å². The predicted octanol–water partition coefficient (Wildman–Crippen LogP) is 3.13. The number of rotatable bonds is 2. The van der Waals surface area contributed by atoms with E-state index in [0.29, 0.717) is 48.4 Å². The molecule has 1 fully saturated rings. The number of benzene rings is 2. The van der Waals surface area contributed by atoms with Crippen LogP contribution in [0.15, 0.2) is 48.5 Å². The highest BCUT2D eigenvalue weighted by Crippen LogP contribution is 2.25. The molecular formula is C25H27ClN6O2. The average Bonchev–Trinajstić information content (AvgIpc) is 2.82. The highest BCUT2D eigenvalue weighted by Gasteiger charge is 2.35. The molecule has 2 amide bonds. The van der Waals surface area contributed by atoms with Gasteiger partial charge in [0, 0.05) is 29.1 Å². The third-order valence-electron chi connectivity index (χ3n) is 6.39. The number of nitrogens with zero attached hydrogens (tertiary/aromatic N) is 4. The molecule has 176 valence electrons. The lowest BCUT2D eigenvalue weighted by Crippen LogP contribution is -2.63. The van der Waals surface area contributed by atoms with E-state index >= 15 is 0 Å². The fourth-order valence-electron chi connectivity index (χ4n) is 4.56. The van der Waals surface area contributed by atoms with Crippen molar-refractivity contribution in [2.24, 2.45) is 5.92 Å². The summed E-state index contributed by atoms with van der Waals surface area (Å²) >= 11 is 6.09. The van der Waals surface area contributed by atoms with Crippen molar-refractivity contribution >= 4 is 40.1 Å². The zero-order chi connectivity index (χ0) is 23.8. The maximum atomic E-state index is 13.4. The van der Waals surface area contributed by atoms with Crippen LogP contribution in [0, 0.1) is 5.92 Å². The van der Waals surface area contributed by atoms with Gasteiger partial charge in [0.05, 0.1) is 18.6 Å². The van der Waals surface area contributed by atoms with Gasteiger partial charge in [-0.1, -0.05) is 43.6 Å². The largest absolute Gasteiger partial charge is 0.358 e. The van der Waals surface area contributed by atoms with Crippen LogP contribution >= 0.6 is 11.6 Å². The van der Waals surface area contributed by atoms with Crippen molar-refractivity contribution in [3.63, 3.8) is 0 Å². The van der Waals surface area contributed by atoms with Crippen molar-refractivity contribution in [3.8, 4) is 0 Å². The van der Waals surface area contributed by atoms with Gasteiger partial charge in [-0.15, -0.1) is 0 Å². The number of amides is 2. The number of nitrogens with one attached hydrogen (secondary N) is 2. The summed E-state index contributed by atoms with van der Waals surface area (Å²) in [5.41, 5.74) is 1.38. The van der Waals surface area contributed by atoms with E-state index in [2.05, 4.69) is 15.5 Å². The summed E-state index contributed by atoms with van der Waals surface area (Å²) in [5, 5.41) is 7.95. The molecule has 0 aliphatic carbocycles. The molecule has 8 nitrogen and oxygen atoms in total. The van der Waals surface area contributed by atoms with Gasteiger partial charge in [0.25, 0.3) is 5.91 Å². The molecule has 1 aromatic heterocycles. The van der Waals surface area contributed by atoms with Gasteiger partial charge in [0.2, 0.25) is 5.91 Å². The van der Waals surface area contributed by atoms with Gasteiger partial charge in [0.15, 0.2) is 0 Å². The molecule has 2 atom stereocenters. The second kappa shape index (κ2) is 9.19. The van der Waals surface area contributed by atoms with Gasteiger partial charge in [-0.05, 0) is 36.2 Å². The summed E-state index contributed by atoms with van der Waals surface area (Å²) in [6.07, 6.45) is -0.357. The van der Waals surface area contributed by atoms with Crippen LogP contribution in [0.5, 0.6) is 0 Å². The fourth-order valence-corrected chi connectivity index (χ4v) is 4.75. The van der Waals surface area contributed by atoms with E-state index < -0.39 is 6.04 Å². The normalized spacial score (nSPS) is 21.1. The monoisotopic (exact) mass is 478 g/mol. The zero-order valence-corrected chi connectivity index (χ0v) is 19.9. The van der Waals surface area contributed by atoms with Crippen LogP contribution in [0.2, 0.25) is 5.02 Å². The molecule has 2 aliphatic heterocycles. The lowest BCUT2D eigenvalue weighted by atomic mass is 10.0. The SMILES string of the molecule is CC(C)[C@@H]1Nc2nc(nc3ccccc23)CN2CCN(C(=O)c3cccc(Cl)c3)CC2NC1=O. The Morgan fingerprint density at radius 2 is 1.91 bits per heavy atom. The molecule has 0 saturated carbocycles. The Kier molecular flexibility index (Phi) is 6.10. The zero-order valence-electron chi connectivity index (χ0n) is 19.2. The molecule has 0 spiro atoms. The second-order valence-electron chi connectivity index (χ2n) is 9.13. The standard InChI is InChI=1S/C25H27ClN6O2/c1-15(2)22-24(33)29-21-14-32(25(34)16-6-5-7-17(26)12-16)11-10-31(21)13-20-27-19-9-4-3-8-18(19)23(28-20)30-22/h3-9,12,15,21-22H,10-11,13-14H2,1-2H3,(H,29,33)(H,27,28,30)/t21?,22-/m0/s1. The molecule has 9 heteroatoms. The third kappa shape index (κ3) is 4.43. The molecule has 0 radical (unpaired) electrons. The van der Waals surface area contributed by atoms with E-state index in [1.807, 2.05) is 38.1 Å². The Labute approximate surface area is 203 Å². The Bertz CT molecular complexity index is 1250. The topological polar surface area (TPSA) is 90.5 Å². The van der Waals surface area contributed by atoms with Crippen LogP contribution in [-0.4, -0.2) is 63.4 Å². The quantitative estimate of drug-likeness (QED) is 0.588. The fraction of sp³-hybridized carbons (Fsp3) is 0.360. The van der Waals surface area contributed by atoms with Crippen LogP contribution in [0.1, 0.15) is 30.0 Å². The molecule has 3 heterocycles. The molecule has 2 aromatic carbocycles. The van der Waals surface area contributed by atoms with Crippen molar-refractivity contribution in [2.45, 2.75) is 32.6 Å². The minimum Gasteiger partial charge on any atom is -0.358 e. The Morgan fingerprint density at radius 1 is 1.09 bits per heavy atom. The Morgan fingerprint density at radius 3 is 2.71 bits per heavy atom. The van der Waals surface area contributed by atoms with Gasteiger partial charge in [-0.2, -0.15) is 0 Å². The van der Waals surface area contributed by atoms with Crippen LogP contribution in [0.4, 0.5) is 5.82 Å². The average molecular weight is 479 g/mol. The first-order valence-electron chi connectivity index (χ1n) is 11.5. The van der Waals surface area contributed by atoms with E-state index in [1.165, 1.54) is 0 Å². The van der Waals surface area contributed by atoms with Gasteiger partial charge < -0.3 is 15.5 Å². The second-order valence-corrected chi connectivity index (χ2v) is 9.56. The molecule has 1 unspecified atom stereocenters. The van der Waals surface area contributed by atoms with Crippen LogP contribution in [0.3, 0.4) is 0 Å². The van der Waals surface area contributed by atoms with Gasteiger partial charge >= 0.3 is 0 Å². The molecule has 2 aliphatic rings. The van der Waals surface area contributed by atoms with Crippen molar-refractivity contribution in [1.82, 2.24) is 25.1 Å². The van der Waals surface area contributed by atoms with Crippen LogP contribution in [0.25, 0.3) is 10.9 Å². The number of piperazine rings is 1. The lowest BCUT2D eigenvalue weighted by molar-refractivity contribution is -0.125. The summed E-state index contributed by atoms with van der Waals surface area (Å²) < 4.78 is 0. The smallest absolute Gasteiger partial charge is 0.254 e. The minimum atomic E-state index is -0.481. The molecule has 3 aromatic rings. The number of hydrogen-bond donors (Lipinski definition) is 2. The molecule has 2 bridgehead atoms. The first-order chi connectivity index (χ1) is 16.4. The van der Waals surface area contributed by atoms with Crippen molar-refractivity contribution in [3.05, 3.63) is 64.9 Å². The maximum Gasteiger partial charge on any atom is 0.254 e. The van der Waals surface area contributed by atoms with E-state index in [9.17, 15) is 9.59 Å². The summed E-state index contributed by atoms with van der Waals surface area (Å²) in [6, 6.07) is 14.3. The predicted molar refractivity (Wildman–Crippen MR) is 131 cm³/mol. The third-order valence-corrected chi connectivity index (χ3v) is 6.63. The Hall–Kier alpha value is -3.23. The summed E-state index contributed by atoms with van der Waals surface area (Å²) in [4.78, 5) is 40.0. The highest BCUT2D eigenvalue weighted by molar-refractivity contribution is 6.30. The maximum absolute atomic E-state index is 13.4. The van der Waals surface area contributed by atoms with Crippen molar-refractivity contribution in [2.75, 3.05) is 25.0 Å². The Balaban J connectivity index is 1.48. The number of fused-ring (bicyclic) bond motifs is 5. The lowest BCUT2D eigenvalue weighted by Gasteiger charge is -2.42. The van der Waals surface area contributed by atoms with E-state index in [1.54, 1.807) is 29.2 Å². The van der Waals surface area contributed by atoms with Gasteiger partial charge in [-0.25, -0.2) is 9.97 Å². The molecular weight excluding hydrogens is 452 g/mol. The number of anilines is 1. The summed E-state index contributed by atoms with van der Waals surface area (Å²) in [5.74, 6) is 1.16. The van der Waals surface area contributed by atoms with Gasteiger partial charge in [-0.3, -0.25) is 14.5 Å². The summed E-state index contributed by atoms with van der Waals surface area (Å²) in [7, 11) is 0. The first kappa shape index (κ1) is 22.6. The number of halogens is 1. The number of hydrogen-bond acceptors (Lipinski definition) is 6. The molecule has 5 rings (SSSR count). The van der Waals surface area contributed by atoms with E-state index in [4.69, 9.17) is 21.6 Å². The molecule has 1 saturated heterocycles. The van der Waals surface area contributed by atoms with Crippen LogP contribution in [-0.2, 0) is 11.3 Å². The van der Waals surface area contributed by atoms with Crippen molar-refractivity contribution < 1.29 is 9.59 Å². The van der Waals surface area contributed by atoms with Gasteiger partial charge in [0.1, 0.15) is 23.8 Å².